The predicted molar refractivity (Wildman–Crippen MR) is 59.6 cm³/mol. The van der Waals surface area contributed by atoms with E-state index in [-0.39, 0.29) is 0 Å². The Hall–Kier alpha value is -1.02. The van der Waals surface area contributed by atoms with E-state index in [0.29, 0.717) is 5.75 Å². The first-order valence-corrected chi connectivity index (χ1v) is 5.02. The summed E-state index contributed by atoms with van der Waals surface area (Å²) >= 11 is 0. The summed E-state index contributed by atoms with van der Waals surface area (Å²) in [5, 5.41) is 9.61. The van der Waals surface area contributed by atoms with Crippen LogP contribution >= 0.6 is 0 Å². The Morgan fingerprint density at radius 1 is 1.21 bits per heavy atom. The molecule has 1 rings (SSSR count). The highest BCUT2D eigenvalue weighted by Gasteiger charge is 2.04. The van der Waals surface area contributed by atoms with Crippen molar-refractivity contribution in [1.82, 2.24) is 4.90 Å². The maximum absolute atomic E-state index is 9.61. The van der Waals surface area contributed by atoms with Gasteiger partial charge in [-0.1, -0.05) is 19.1 Å². The van der Waals surface area contributed by atoms with Crippen LogP contribution in [0.5, 0.6) is 5.75 Å². The van der Waals surface area contributed by atoms with E-state index in [0.717, 1.165) is 24.2 Å². The Bertz CT molecular complexity index is 297. The Morgan fingerprint density at radius 2 is 1.71 bits per heavy atom. The van der Waals surface area contributed by atoms with Crippen molar-refractivity contribution in [2.24, 2.45) is 0 Å². The SMILES string of the molecule is CCN(C)Cc1cc(C)c(O)c(C)c1. The average molecular weight is 193 g/mol. The van der Waals surface area contributed by atoms with Gasteiger partial charge in [-0.2, -0.15) is 0 Å². The van der Waals surface area contributed by atoms with Crippen LogP contribution in [0.2, 0.25) is 0 Å². The molecule has 2 heteroatoms. The van der Waals surface area contributed by atoms with Gasteiger partial charge in [0, 0.05) is 6.54 Å². The summed E-state index contributed by atoms with van der Waals surface area (Å²) in [7, 11) is 2.09. The van der Waals surface area contributed by atoms with Crippen molar-refractivity contribution in [2.75, 3.05) is 13.6 Å². The van der Waals surface area contributed by atoms with Gasteiger partial charge in [0.15, 0.2) is 0 Å². The van der Waals surface area contributed by atoms with Crippen molar-refractivity contribution in [2.45, 2.75) is 27.3 Å². The standard InChI is InChI=1S/C12H19NO/c1-5-13(4)8-11-6-9(2)12(14)10(3)7-11/h6-7,14H,5,8H2,1-4H3. The zero-order valence-corrected chi connectivity index (χ0v) is 9.46. The molecule has 14 heavy (non-hydrogen) atoms. The minimum absolute atomic E-state index is 0.424. The molecule has 0 aliphatic carbocycles. The third-order valence-corrected chi connectivity index (χ3v) is 2.54. The Balaban J connectivity index is 2.89. The van der Waals surface area contributed by atoms with Crippen LogP contribution in [0.1, 0.15) is 23.6 Å². The fraction of sp³-hybridized carbons (Fsp3) is 0.500. The summed E-state index contributed by atoms with van der Waals surface area (Å²) in [5.41, 5.74) is 3.19. The molecule has 2 nitrogen and oxygen atoms in total. The van der Waals surface area contributed by atoms with Crippen molar-refractivity contribution >= 4 is 0 Å². The van der Waals surface area contributed by atoms with Crippen LogP contribution in [0.4, 0.5) is 0 Å². The maximum atomic E-state index is 9.61. The molecule has 1 N–H and O–H groups in total. The van der Waals surface area contributed by atoms with E-state index in [1.807, 2.05) is 13.8 Å². The van der Waals surface area contributed by atoms with Crippen molar-refractivity contribution in [3.05, 3.63) is 28.8 Å². The highest BCUT2D eigenvalue weighted by atomic mass is 16.3. The molecule has 0 saturated carbocycles. The van der Waals surface area contributed by atoms with Crippen LogP contribution in [0.25, 0.3) is 0 Å². The number of benzene rings is 1. The molecule has 0 heterocycles. The molecule has 0 radical (unpaired) electrons. The normalized spacial score (nSPS) is 10.9. The summed E-state index contributed by atoms with van der Waals surface area (Å²) in [5.74, 6) is 0.424. The summed E-state index contributed by atoms with van der Waals surface area (Å²) in [6.07, 6.45) is 0. The van der Waals surface area contributed by atoms with E-state index in [9.17, 15) is 5.11 Å². The second kappa shape index (κ2) is 4.47. The van der Waals surface area contributed by atoms with Crippen LogP contribution in [0, 0.1) is 13.8 Å². The molecule has 0 fully saturated rings. The quantitative estimate of drug-likeness (QED) is 0.797. The fourth-order valence-electron chi connectivity index (χ4n) is 1.56. The minimum atomic E-state index is 0.424. The molecule has 1 aromatic carbocycles. The number of aromatic hydroxyl groups is 1. The van der Waals surface area contributed by atoms with Gasteiger partial charge >= 0.3 is 0 Å². The monoisotopic (exact) mass is 193 g/mol. The smallest absolute Gasteiger partial charge is 0.121 e. The second-order valence-electron chi connectivity index (χ2n) is 3.91. The van der Waals surface area contributed by atoms with E-state index in [2.05, 4.69) is 31.0 Å². The zero-order chi connectivity index (χ0) is 10.7. The molecule has 0 aromatic heterocycles. The molecule has 0 atom stereocenters. The molecular weight excluding hydrogens is 174 g/mol. The fourth-order valence-corrected chi connectivity index (χ4v) is 1.56. The van der Waals surface area contributed by atoms with E-state index in [4.69, 9.17) is 0 Å². The first-order chi connectivity index (χ1) is 6.54. The maximum Gasteiger partial charge on any atom is 0.121 e. The van der Waals surface area contributed by atoms with Gasteiger partial charge in [-0.3, -0.25) is 0 Å². The Labute approximate surface area is 86.2 Å². The van der Waals surface area contributed by atoms with Crippen LogP contribution in [-0.4, -0.2) is 23.6 Å². The average Bonchev–Trinajstić information content (AvgIpc) is 2.14. The van der Waals surface area contributed by atoms with Gasteiger partial charge in [-0.15, -0.1) is 0 Å². The van der Waals surface area contributed by atoms with Crippen LogP contribution in [-0.2, 0) is 6.54 Å². The number of hydrogen-bond acceptors (Lipinski definition) is 2. The van der Waals surface area contributed by atoms with Crippen molar-refractivity contribution in [1.29, 1.82) is 0 Å². The number of aryl methyl sites for hydroxylation is 2. The van der Waals surface area contributed by atoms with Gasteiger partial charge in [0.05, 0.1) is 0 Å². The Kier molecular flexibility index (Phi) is 3.53. The summed E-state index contributed by atoms with van der Waals surface area (Å²) in [6.45, 7) is 8.01. The van der Waals surface area contributed by atoms with Crippen molar-refractivity contribution in [3.63, 3.8) is 0 Å². The molecule has 0 saturated heterocycles. The topological polar surface area (TPSA) is 23.5 Å². The third-order valence-electron chi connectivity index (χ3n) is 2.54. The summed E-state index contributed by atoms with van der Waals surface area (Å²) in [4.78, 5) is 2.24. The first kappa shape index (κ1) is 11.1. The highest BCUT2D eigenvalue weighted by Crippen LogP contribution is 2.23. The molecule has 0 unspecified atom stereocenters. The lowest BCUT2D eigenvalue weighted by Crippen LogP contribution is -2.16. The minimum Gasteiger partial charge on any atom is -0.507 e. The van der Waals surface area contributed by atoms with Gasteiger partial charge in [0.1, 0.15) is 5.75 Å². The zero-order valence-electron chi connectivity index (χ0n) is 9.46. The summed E-state index contributed by atoms with van der Waals surface area (Å²) in [6, 6.07) is 4.10. The van der Waals surface area contributed by atoms with E-state index < -0.39 is 0 Å². The third kappa shape index (κ3) is 2.48. The van der Waals surface area contributed by atoms with Gasteiger partial charge in [0.25, 0.3) is 0 Å². The molecule has 0 spiro atoms. The molecule has 78 valence electrons. The molecular formula is C12H19NO. The highest BCUT2D eigenvalue weighted by molar-refractivity contribution is 5.42. The molecule has 0 aliphatic rings. The second-order valence-corrected chi connectivity index (χ2v) is 3.91. The van der Waals surface area contributed by atoms with E-state index in [1.54, 1.807) is 0 Å². The van der Waals surface area contributed by atoms with Crippen molar-refractivity contribution < 1.29 is 5.11 Å². The van der Waals surface area contributed by atoms with E-state index in [1.165, 1.54) is 5.56 Å². The lowest BCUT2D eigenvalue weighted by molar-refractivity contribution is 0.345. The summed E-state index contributed by atoms with van der Waals surface area (Å²) < 4.78 is 0. The first-order valence-electron chi connectivity index (χ1n) is 5.02. The molecule has 0 amide bonds. The Morgan fingerprint density at radius 3 is 2.14 bits per heavy atom. The van der Waals surface area contributed by atoms with Crippen LogP contribution in [0.15, 0.2) is 12.1 Å². The van der Waals surface area contributed by atoms with Gasteiger partial charge in [-0.25, -0.2) is 0 Å². The number of hydrogen-bond donors (Lipinski definition) is 1. The molecule has 0 aliphatic heterocycles. The van der Waals surface area contributed by atoms with E-state index >= 15 is 0 Å². The van der Waals surface area contributed by atoms with Gasteiger partial charge < -0.3 is 10.0 Å². The number of rotatable bonds is 3. The van der Waals surface area contributed by atoms with Gasteiger partial charge in [-0.05, 0) is 44.1 Å². The number of nitrogens with zero attached hydrogens (tertiary/aromatic N) is 1. The largest absolute Gasteiger partial charge is 0.507 e. The van der Waals surface area contributed by atoms with Crippen molar-refractivity contribution in [3.8, 4) is 5.75 Å². The molecule has 1 aromatic rings. The lowest BCUT2D eigenvalue weighted by Gasteiger charge is -2.15. The predicted octanol–water partition coefficient (Wildman–Crippen LogP) is 2.46. The lowest BCUT2D eigenvalue weighted by atomic mass is 10.1. The number of phenols is 1. The van der Waals surface area contributed by atoms with Gasteiger partial charge in [0.2, 0.25) is 0 Å². The molecule has 0 bridgehead atoms. The van der Waals surface area contributed by atoms with Crippen LogP contribution < -0.4 is 0 Å². The number of phenolic OH excluding ortho intramolecular Hbond substituents is 1. The van der Waals surface area contributed by atoms with Crippen LogP contribution in [0.3, 0.4) is 0 Å².